The zero-order valence-corrected chi connectivity index (χ0v) is 10.0. The normalized spacial score (nSPS) is 12.0. The largest absolute Gasteiger partial charge is 0.0759 e. The lowest BCUT2D eigenvalue weighted by atomic mass is 11.9. The van der Waals surface area contributed by atoms with Crippen LogP contribution in [0.1, 0.15) is 0 Å². The van der Waals surface area contributed by atoms with Crippen LogP contribution in [-0.4, -0.2) is 33.7 Å². The molecule has 0 N–H and O–H groups in total. The average molecular weight is 172 g/mol. The van der Waals surface area contributed by atoms with E-state index in [1.54, 1.807) is 0 Å². The van der Waals surface area contributed by atoms with Gasteiger partial charge in [0.25, 0.3) is 0 Å². The first kappa shape index (κ1) is 8.87. The second-order valence-electron chi connectivity index (χ2n) is 1.88. The van der Waals surface area contributed by atoms with E-state index in [9.17, 15) is 0 Å². The van der Waals surface area contributed by atoms with Gasteiger partial charge in [0, 0.05) is 33.7 Å². The molecular formula is C4H12Si4. The van der Waals surface area contributed by atoms with Gasteiger partial charge in [0.05, 0.1) is 0 Å². The maximum atomic E-state index is 2.53. The maximum absolute atomic E-state index is 2.53. The summed E-state index contributed by atoms with van der Waals surface area (Å²) in [7, 11) is 3.80. The molecule has 0 nitrogen and oxygen atoms in total. The van der Waals surface area contributed by atoms with Crippen LogP contribution in [0.2, 0.25) is 26.2 Å². The smallest absolute Gasteiger partial charge is 0.0184 e. The summed E-state index contributed by atoms with van der Waals surface area (Å²) in [6.45, 7) is 9.06. The van der Waals surface area contributed by atoms with Crippen molar-refractivity contribution < 1.29 is 0 Å². The fraction of sp³-hybridized carbons (Fsp3) is 1.00. The summed E-state index contributed by atoms with van der Waals surface area (Å²) < 4.78 is 0. The van der Waals surface area contributed by atoms with Crippen LogP contribution in [0.3, 0.4) is 0 Å². The molecule has 44 valence electrons. The first-order valence-electron chi connectivity index (χ1n) is 2.75. The minimum Gasteiger partial charge on any atom is -0.0759 e. The highest BCUT2D eigenvalue weighted by Crippen LogP contribution is 1.94. The predicted octanol–water partition coefficient (Wildman–Crippen LogP) is 0.812. The van der Waals surface area contributed by atoms with Crippen LogP contribution in [-0.2, 0) is 0 Å². The molecular weight excluding hydrogens is 160 g/mol. The van der Waals surface area contributed by atoms with Crippen LogP contribution >= 0.6 is 0 Å². The van der Waals surface area contributed by atoms with Gasteiger partial charge >= 0.3 is 0 Å². The zero-order valence-electron chi connectivity index (χ0n) is 6.00. The van der Waals surface area contributed by atoms with Crippen molar-refractivity contribution in [3.05, 3.63) is 0 Å². The molecule has 0 saturated heterocycles. The van der Waals surface area contributed by atoms with Crippen molar-refractivity contribution >= 4 is 33.7 Å². The van der Waals surface area contributed by atoms with E-state index in [2.05, 4.69) is 26.2 Å². The van der Waals surface area contributed by atoms with Gasteiger partial charge in [-0.2, -0.15) is 0 Å². The molecule has 0 bridgehead atoms. The van der Waals surface area contributed by atoms with Gasteiger partial charge in [0.15, 0.2) is 0 Å². The highest BCUT2D eigenvalue weighted by Gasteiger charge is 2.19. The Morgan fingerprint density at radius 1 is 0.875 bits per heavy atom. The van der Waals surface area contributed by atoms with Gasteiger partial charge in [-0.3, -0.25) is 0 Å². The molecule has 0 unspecified atom stereocenters. The Balaban J connectivity index is 3.58. The van der Waals surface area contributed by atoms with E-state index in [1.165, 1.54) is 27.1 Å². The summed E-state index contributed by atoms with van der Waals surface area (Å²) in [6.07, 6.45) is 0. The minimum atomic E-state index is -0.588. The molecule has 0 aromatic heterocycles. The van der Waals surface area contributed by atoms with Crippen LogP contribution in [0, 0.1) is 0 Å². The molecule has 0 saturated carbocycles. The quantitative estimate of drug-likeness (QED) is 0.553. The maximum Gasteiger partial charge on any atom is 0.0184 e. The molecule has 0 aliphatic heterocycles. The monoisotopic (exact) mass is 172 g/mol. The molecule has 0 aliphatic carbocycles. The van der Waals surface area contributed by atoms with Gasteiger partial charge in [-0.15, -0.1) is 0 Å². The number of hydrogen-bond acceptors (Lipinski definition) is 0. The van der Waals surface area contributed by atoms with E-state index in [-0.39, 0.29) is 0 Å². The van der Waals surface area contributed by atoms with Crippen LogP contribution in [0.25, 0.3) is 0 Å². The Labute approximate surface area is 60.3 Å². The fourth-order valence-electron chi connectivity index (χ4n) is 0.375. The first-order valence-corrected chi connectivity index (χ1v) is 12.8. The standard InChI is InChI=1S/C4H12Si4/c1-5-8(4,6-2)7-3/h1-4H3. The van der Waals surface area contributed by atoms with Gasteiger partial charge in [0.1, 0.15) is 0 Å². The highest BCUT2D eigenvalue weighted by molar-refractivity contribution is 7.69. The van der Waals surface area contributed by atoms with Crippen molar-refractivity contribution in [2.75, 3.05) is 0 Å². The zero-order chi connectivity index (χ0) is 6.62. The number of hydrogen-bond donors (Lipinski definition) is 0. The van der Waals surface area contributed by atoms with Crippen molar-refractivity contribution in [1.29, 1.82) is 0 Å². The van der Waals surface area contributed by atoms with Crippen molar-refractivity contribution in [3.63, 3.8) is 0 Å². The van der Waals surface area contributed by atoms with Crippen LogP contribution in [0.5, 0.6) is 0 Å². The molecule has 0 rings (SSSR count). The van der Waals surface area contributed by atoms with E-state index < -0.39 is 6.63 Å². The van der Waals surface area contributed by atoms with Crippen LogP contribution < -0.4 is 0 Å². The second-order valence-corrected chi connectivity index (χ2v) is 23.6. The Kier molecular flexibility index (Phi) is 4.22. The van der Waals surface area contributed by atoms with Crippen LogP contribution in [0.4, 0.5) is 0 Å². The molecule has 0 atom stereocenters. The summed E-state index contributed by atoms with van der Waals surface area (Å²) in [6, 6.07) is 0. The Hall–Kier alpha value is 0.868. The SMILES string of the molecule is C[Si][Si](C)([Si]C)[Si]C. The fourth-order valence-corrected chi connectivity index (χ4v) is 10.1. The van der Waals surface area contributed by atoms with Gasteiger partial charge in [-0.25, -0.2) is 0 Å². The highest BCUT2D eigenvalue weighted by atomic mass is 29.9. The van der Waals surface area contributed by atoms with Crippen molar-refractivity contribution in [2.45, 2.75) is 26.2 Å². The van der Waals surface area contributed by atoms with Gasteiger partial charge < -0.3 is 0 Å². The third-order valence-electron chi connectivity index (χ3n) is 1.50. The predicted molar refractivity (Wildman–Crippen MR) is 46.5 cm³/mol. The van der Waals surface area contributed by atoms with Gasteiger partial charge in [-0.05, 0) is 0 Å². The summed E-state index contributed by atoms with van der Waals surface area (Å²) in [4.78, 5) is 0. The van der Waals surface area contributed by atoms with E-state index in [4.69, 9.17) is 0 Å². The van der Waals surface area contributed by atoms with Crippen molar-refractivity contribution in [3.8, 4) is 0 Å². The third-order valence-corrected chi connectivity index (χ3v) is 27.0. The summed E-state index contributed by atoms with van der Waals surface area (Å²) in [5, 5.41) is 0. The summed E-state index contributed by atoms with van der Waals surface area (Å²) in [5.74, 6) is 0. The molecule has 0 aromatic carbocycles. The molecule has 0 heterocycles. The first-order chi connectivity index (χ1) is 3.68. The molecule has 0 aliphatic rings. The molecule has 0 amide bonds. The average Bonchev–Trinajstić information content (AvgIpc) is 1.87. The summed E-state index contributed by atoms with van der Waals surface area (Å²) >= 11 is 0. The van der Waals surface area contributed by atoms with E-state index in [0.717, 1.165) is 0 Å². The minimum absolute atomic E-state index is 0.588. The van der Waals surface area contributed by atoms with E-state index in [0.29, 0.717) is 0 Å². The van der Waals surface area contributed by atoms with E-state index >= 15 is 0 Å². The van der Waals surface area contributed by atoms with Gasteiger partial charge in [0.2, 0.25) is 0 Å². The topological polar surface area (TPSA) is 0 Å². The van der Waals surface area contributed by atoms with Gasteiger partial charge in [-0.1, -0.05) is 26.2 Å². The Morgan fingerprint density at radius 2 is 1.12 bits per heavy atom. The third kappa shape index (κ3) is 2.43. The Bertz CT molecular complexity index is 50.8. The van der Waals surface area contributed by atoms with Crippen LogP contribution in [0.15, 0.2) is 0 Å². The lowest BCUT2D eigenvalue weighted by Gasteiger charge is -2.19. The second kappa shape index (κ2) is 3.81. The molecule has 0 aromatic rings. The Morgan fingerprint density at radius 3 is 1.12 bits per heavy atom. The molecule has 0 spiro atoms. The number of rotatable bonds is 3. The molecule has 6 radical (unpaired) electrons. The van der Waals surface area contributed by atoms with Crippen molar-refractivity contribution in [1.82, 2.24) is 0 Å². The molecule has 4 heteroatoms. The molecule has 8 heavy (non-hydrogen) atoms. The lowest BCUT2D eigenvalue weighted by Crippen LogP contribution is -2.48. The lowest BCUT2D eigenvalue weighted by molar-refractivity contribution is 2.16. The summed E-state index contributed by atoms with van der Waals surface area (Å²) in [5.41, 5.74) is 0. The van der Waals surface area contributed by atoms with Crippen molar-refractivity contribution in [2.24, 2.45) is 0 Å². The van der Waals surface area contributed by atoms with E-state index in [1.807, 2.05) is 0 Å². The molecule has 0 fully saturated rings.